The number of hydrogen-bond acceptors (Lipinski definition) is 2. The second-order valence-corrected chi connectivity index (χ2v) is 5.75. The van der Waals surface area contributed by atoms with E-state index in [0.717, 1.165) is 24.6 Å². The SMILES string of the molecule is CCCNCC1CC1(C)Cc1ccccc1OC. The molecule has 2 heteroatoms. The van der Waals surface area contributed by atoms with Gasteiger partial charge in [0.25, 0.3) is 0 Å². The first kappa shape index (κ1) is 13.4. The third-order valence-corrected chi connectivity index (χ3v) is 4.14. The predicted molar refractivity (Wildman–Crippen MR) is 76.1 cm³/mol. The molecule has 0 heterocycles. The highest BCUT2D eigenvalue weighted by Crippen LogP contribution is 2.54. The summed E-state index contributed by atoms with van der Waals surface area (Å²) >= 11 is 0. The zero-order valence-electron chi connectivity index (χ0n) is 11.8. The molecule has 1 saturated carbocycles. The lowest BCUT2D eigenvalue weighted by Gasteiger charge is -2.14. The van der Waals surface area contributed by atoms with E-state index in [0.29, 0.717) is 5.41 Å². The molecule has 0 radical (unpaired) electrons. The highest BCUT2D eigenvalue weighted by atomic mass is 16.5. The number of hydrogen-bond donors (Lipinski definition) is 1. The third-order valence-electron chi connectivity index (χ3n) is 4.14. The Kier molecular flexibility index (Phi) is 4.28. The molecule has 0 aromatic heterocycles. The summed E-state index contributed by atoms with van der Waals surface area (Å²) in [6.07, 6.45) is 3.69. The van der Waals surface area contributed by atoms with Crippen molar-refractivity contribution in [3.8, 4) is 5.75 Å². The number of ether oxygens (including phenoxy) is 1. The molecule has 1 aromatic rings. The number of rotatable bonds is 7. The van der Waals surface area contributed by atoms with E-state index in [1.54, 1.807) is 7.11 Å². The van der Waals surface area contributed by atoms with E-state index in [1.165, 1.54) is 24.9 Å². The highest BCUT2D eigenvalue weighted by Gasteiger charge is 2.49. The molecule has 2 nitrogen and oxygen atoms in total. The number of nitrogens with one attached hydrogen (secondary N) is 1. The monoisotopic (exact) mass is 247 g/mol. The van der Waals surface area contributed by atoms with Crippen LogP contribution in [0, 0.1) is 11.3 Å². The second kappa shape index (κ2) is 5.75. The van der Waals surface area contributed by atoms with Crippen LogP contribution in [0.25, 0.3) is 0 Å². The summed E-state index contributed by atoms with van der Waals surface area (Å²) < 4.78 is 5.44. The maximum absolute atomic E-state index is 5.44. The molecule has 0 bridgehead atoms. The standard InChI is InChI=1S/C16H25NO/c1-4-9-17-12-14-11-16(14,2)10-13-7-5-6-8-15(13)18-3/h5-8,14,17H,4,9-12H2,1-3H3. The first-order chi connectivity index (χ1) is 8.69. The molecule has 1 aromatic carbocycles. The van der Waals surface area contributed by atoms with Crippen molar-refractivity contribution in [1.29, 1.82) is 0 Å². The maximum Gasteiger partial charge on any atom is 0.122 e. The summed E-state index contributed by atoms with van der Waals surface area (Å²) in [5.74, 6) is 1.86. The first-order valence-corrected chi connectivity index (χ1v) is 7.02. The lowest BCUT2D eigenvalue weighted by atomic mass is 9.95. The van der Waals surface area contributed by atoms with Crippen LogP contribution in [0.4, 0.5) is 0 Å². The third kappa shape index (κ3) is 3.05. The molecule has 2 atom stereocenters. The molecule has 0 spiro atoms. The fourth-order valence-electron chi connectivity index (χ4n) is 2.78. The van der Waals surface area contributed by atoms with Crippen LogP contribution in [-0.4, -0.2) is 20.2 Å². The lowest BCUT2D eigenvalue weighted by molar-refractivity contribution is 0.399. The summed E-state index contributed by atoms with van der Waals surface area (Å²) in [6.45, 7) is 6.92. The summed E-state index contributed by atoms with van der Waals surface area (Å²) in [4.78, 5) is 0. The largest absolute Gasteiger partial charge is 0.496 e. The summed E-state index contributed by atoms with van der Waals surface area (Å²) in [7, 11) is 1.76. The zero-order valence-corrected chi connectivity index (χ0v) is 11.8. The van der Waals surface area contributed by atoms with E-state index in [1.807, 2.05) is 6.07 Å². The minimum atomic E-state index is 0.468. The van der Waals surface area contributed by atoms with Crippen LogP contribution < -0.4 is 10.1 Å². The van der Waals surface area contributed by atoms with Crippen LogP contribution in [0.3, 0.4) is 0 Å². The van der Waals surface area contributed by atoms with Crippen molar-refractivity contribution < 1.29 is 4.74 Å². The smallest absolute Gasteiger partial charge is 0.122 e. The second-order valence-electron chi connectivity index (χ2n) is 5.75. The van der Waals surface area contributed by atoms with E-state index in [-0.39, 0.29) is 0 Å². The van der Waals surface area contributed by atoms with Gasteiger partial charge in [-0.2, -0.15) is 0 Å². The highest BCUT2D eigenvalue weighted by molar-refractivity contribution is 5.35. The van der Waals surface area contributed by atoms with Crippen molar-refractivity contribution in [2.75, 3.05) is 20.2 Å². The Balaban J connectivity index is 1.90. The normalized spacial score (nSPS) is 26.1. The average Bonchev–Trinajstić information content (AvgIpc) is 3.01. The molecule has 2 unspecified atom stereocenters. The molecule has 0 aliphatic heterocycles. The van der Waals surface area contributed by atoms with Crippen molar-refractivity contribution >= 4 is 0 Å². The van der Waals surface area contributed by atoms with Crippen LogP contribution in [0.15, 0.2) is 24.3 Å². The van der Waals surface area contributed by atoms with Gasteiger partial charge in [-0.25, -0.2) is 0 Å². The molecular formula is C16H25NO. The van der Waals surface area contributed by atoms with Gasteiger partial charge in [-0.1, -0.05) is 32.0 Å². The van der Waals surface area contributed by atoms with Gasteiger partial charge in [0.1, 0.15) is 5.75 Å². The molecule has 0 amide bonds. The Morgan fingerprint density at radius 2 is 2.17 bits per heavy atom. The van der Waals surface area contributed by atoms with Crippen molar-refractivity contribution in [3.63, 3.8) is 0 Å². The van der Waals surface area contributed by atoms with Gasteiger partial charge in [0.05, 0.1) is 7.11 Å². The lowest BCUT2D eigenvalue weighted by Crippen LogP contribution is -2.20. The molecule has 18 heavy (non-hydrogen) atoms. The topological polar surface area (TPSA) is 21.3 Å². The van der Waals surface area contributed by atoms with Gasteiger partial charge in [-0.15, -0.1) is 0 Å². The van der Waals surface area contributed by atoms with E-state index < -0.39 is 0 Å². The maximum atomic E-state index is 5.44. The van der Waals surface area contributed by atoms with Gasteiger partial charge < -0.3 is 10.1 Å². The van der Waals surface area contributed by atoms with Crippen molar-refractivity contribution in [3.05, 3.63) is 29.8 Å². The van der Waals surface area contributed by atoms with E-state index in [9.17, 15) is 0 Å². The Hall–Kier alpha value is -1.02. The average molecular weight is 247 g/mol. The molecule has 2 rings (SSSR count). The van der Waals surface area contributed by atoms with E-state index in [2.05, 4.69) is 37.4 Å². The zero-order chi connectivity index (χ0) is 13.0. The van der Waals surface area contributed by atoms with Gasteiger partial charge in [-0.05, 0) is 55.3 Å². The quantitative estimate of drug-likeness (QED) is 0.747. The Labute approximate surface area is 111 Å². The van der Waals surface area contributed by atoms with Gasteiger partial charge in [0, 0.05) is 0 Å². The number of benzene rings is 1. The van der Waals surface area contributed by atoms with E-state index in [4.69, 9.17) is 4.74 Å². The Morgan fingerprint density at radius 1 is 1.39 bits per heavy atom. The molecule has 1 N–H and O–H groups in total. The number of para-hydroxylation sites is 1. The Bertz CT molecular complexity index is 390. The fourth-order valence-corrected chi connectivity index (χ4v) is 2.78. The molecule has 1 aliphatic rings. The minimum Gasteiger partial charge on any atom is -0.496 e. The number of methoxy groups -OCH3 is 1. The Morgan fingerprint density at radius 3 is 2.89 bits per heavy atom. The van der Waals surface area contributed by atoms with Gasteiger partial charge in [0.2, 0.25) is 0 Å². The van der Waals surface area contributed by atoms with Gasteiger partial charge in [0.15, 0.2) is 0 Å². The molecule has 100 valence electrons. The first-order valence-electron chi connectivity index (χ1n) is 7.02. The van der Waals surface area contributed by atoms with Crippen LogP contribution in [0.5, 0.6) is 5.75 Å². The van der Waals surface area contributed by atoms with Crippen molar-refractivity contribution in [2.24, 2.45) is 11.3 Å². The summed E-state index contributed by atoms with van der Waals surface area (Å²) in [5.41, 5.74) is 1.82. The molecule has 0 saturated heterocycles. The van der Waals surface area contributed by atoms with Crippen LogP contribution in [0.2, 0.25) is 0 Å². The summed E-state index contributed by atoms with van der Waals surface area (Å²) in [5, 5.41) is 3.54. The van der Waals surface area contributed by atoms with Crippen molar-refractivity contribution in [2.45, 2.75) is 33.1 Å². The minimum absolute atomic E-state index is 0.468. The fraction of sp³-hybridized carbons (Fsp3) is 0.625. The van der Waals surface area contributed by atoms with Crippen LogP contribution in [-0.2, 0) is 6.42 Å². The van der Waals surface area contributed by atoms with Gasteiger partial charge >= 0.3 is 0 Å². The van der Waals surface area contributed by atoms with Crippen molar-refractivity contribution in [1.82, 2.24) is 5.32 Å². The van der Waals surface area contributed by atoms with Crippen LogP contribution >= 0.6 is 0 Å². The summed E-state index contributed by atoms with van der Waals surface area (Å²) in [6, 6.07) is 8.40. The van der Waals surface area contributed by atoms with E-state index >= 15 is 0 Å². The van der Waals surface area contributed by atoms with Crippen LogP contribution in [0.1, 0.15) is 32.3 Å². The van der Waals surface area contributed by atoms with Gasteiger partial charge in [-0.3, -0.25) is 0 Å². The molecule has 1 fully saturated rings. The predicted octanol–water partition coefficient (Wildman–Crippen LogP) is 3.26. The molecular weight excluding hydrogens is 222 g/mol. The molecule has 1 aliphatic carbocycles.